The van der Waals surface area contributed by atoms with E-state index in [1.54, 1.807) is 38.2 Å². The van der Waals surface area contributed by atoms with Crippen molar-refractivity contribution in [3.05, 3.63) is 59.7 Å². The quantitative estimate of drug-likeness (QED) is 0.466. The second kappa shape index (κ2) is 13.2. The minimum Gasteiger partial charge on any atom is -0.508 e. The van der Waals surface area contributed by atoms with Gasteiger partial charge in [-0.1, -0.05) is 30.3 Å². The van der Waals surface area contributed by atoms with Crippen LogP contribution in [0.2, 0.25) is 0 Å². The molecule has 1 aliphatic heterocycles. The highest BCUT2D eigenvalue weighted by Crippen LogP contribution is 2.34. The Kier molecular flexibility index (Phi) is 9.68. The Morgan fingerprint density at radius 2 is 1.68 bits per heavy atom. The van der Waals surface area contributed by atoms with Gasteiger partial charge < -0.3 is 25.4 Å². The first-order valence-electron chi connectivity index (χ1n) is 14.3. The van der Waals surface area contributed by atoms with Gasteiger partial charge in [0.15, 0.2) is 0 Å². The largest absolute Gasteiger partial charge is 0.508 e. The molecule has 4 rings (SSSR count). The first-order valence-corrected chi connectivity index (χ1v) is 14.3. The van der Waals surface area contributed by atoms with Gasteiger partial charge in [-0.3, -0.25) is 19.7 Å². The van der Waals surface area contributed by atoms with Gasteiger partial charge in [-0.25, -0.2) is 0 Å². The zero-order chi connectivity index (χ0) is 28.8. The number of para-hydroxylation sites is 1. The van der Waals surface area contributed by atoms with Gasteiger partial charge in [0.05, 0.1) is 6.04 Å². The third-order valence-electron chi connectivity index (χ3n) is 8.03. The van der Waals surface area contributed by atoms with Crippen LogP contribution in [0, 0.1) is 5.92 Å². The number of ether oxygens (including phenoxy) is 1. The summed E-state index contributed by atoms with van der Waals surface area (Å²) < 4.78 is 6.36. The molecule has 0 aromatic heterocycles. The monoisotopic (exact) mass is 550 g/mol. The number of aryl methyl sites for hydroxylation is 1. The number of rotatable bonds is 3. The Hall–Kier alpha value is -3.59. The molecule has 1 saturated carbocycles. The van der Waals surface area contributed by atoms with Crippen LogP contribution in [0.1, 0.15) is 51.2 Å². The van der Waals surface area contributed by atoms with E-state index in [0.717, 1.165) is 29.7 Å². The van der Waals surface area contributed by atoms with E-state index >= 15 is 0 Å². The maximum Gasteiger partial charge on any atom is 0.243 e. The molecule has 2 aromatic rings. The van der Waals surface area contributed by atoms with Crippen LogP contribution in [0.4, 0.5) is 0 Å². The van der Waals surface area contributed by atoms with E-state index in [0.29, 0.717) is 19.4 Å². The summed E-state index contributed by atoms with van der Waals surface area (Å²) in [6.45, 7) is 6.13. The predicted octanol–water partition coefficient (Wildman–Crippen LogP) is 2.55. The van der Waals surface area contributed by atoms with Gasteiger partial charge in [0.1, 0.15) is 29.7 Å². The molecule has 3 amide bonds. The summed E-state index contributed by atoms with van der Waals surface area (Å²) in [5.74, 6) is 0.296. The Labute approximate surface area is 236 Å². The van der Waals surface area contributed by atoms with Crippen LogP contribution in [-0.4, -0.2) is 71.6 Å². The van der Waals surface area contributed by atoms with Crippen molar-refractivity contribution < 1.29 is 24.2 Å². The fourth-order valence-electron chi connectivity index (χ4n) is 4.95. The zero-order valence-electron chi connectivity index (χ0n) is 23.9. The minimum absolute atomic E-state index is 0.104. The van der Waals surface area contributed by atoms with Crippen LogP contribution < -0.4 is 20.7 Å². The molecule has 0 bridgehead atoms. The van der Waals surface area contributed by atoms with Crippen molar-refractivity contribution in [2.24, 2.45) is 5.92 Å². The third-order valence-corrected chi connectivity index (χ3v) is 8.03. The van der Waals surface area contributed by atoms with Gasteiger partial charge >= 0.3 is 0 Å². The third kappa shape index (κ3) is 7.53. The highest BCUT2D eigenvalue weighted by atomic mass is 16.5. The minimum atomic E-state index is -0.837. The molecule has 9 nitrogen and oxygen atoms in total. The molecule has 1 aliphatic carbocycles. The fourth-order valence-corrected chi connectivity index (χ4v) is 4.95. The normalized spacial score (nSPS) is 27.4. The van der Waals surface area contributed by atoms with E-state index in [2.05, 4.69) is 16.0 Å². The molecule has 2 aliphatic rings. The molecule has 0 spiro atoms. The van der Waals surface area contributed by atoms with Crippen LogP contribution in [-0.2, 0) is 27.2 Å². The van der Waals surface area contributed by atoms with Crippen molar-refractivity contribution >= 4 is 17.7 Å². The number of benzene rings is 2. The lowest BCUT2D eigenvalue weighted by Gasteiger charge is -2.33. The number of phenols is 1. The van der Waals surface area contributed by atoms with Crippen molar-refractivity contribution in [3.8, 4) is 11.5 Å². The molecule has 9 heteroatoms. The Morgan fingerprint density at radius 1 is 0.975 bits per heavy atom. The number of nitrogens with one attached hydrogen (secondary N) is 3. The van der Waals surface area contributed by atoms with Crippen molar-refractivity contribution in [1.29, 1.82) is 0 Å². The Morgan fingerprint density at radius 3 is 2.38 bits per heavy atom. The lowest BCUT2D eigenvalue weighted by Crippen LogP contribution is -2.58. The Balaban J connectivity index is 1.59. The summed E-state index contributed by atoms with van der Waals surface area (Å²) in [4.78, 5) is 41.7. The fraction of sp³-hybridized carbons (Fsp3) is 0.516. The first kappa shape index (κ1) is 29.4. The van der Waals surface area contributed by atoms with Gasteiger partial charge in [-0.2, -0.15) is 0 Å². The lowest BCUT2D eigenvalue weighted by atomic mass is 10.0. The summed E-state index contributed by atoms with van der Waals surface area (Å²) in [5, 5.41) is 19.0. The number of nitrogens with zero attached hydrogens (tertiary/aromatic N) is 1. The second-order valence-electron chi connectivity index (χ2n) is 11.2. The molecule has 1 fully saturated rings. The van der Waals surface area contributed by atoms with Crippen LogP contribution >= 0.6 is 0 Å². The van der Waals surface area contributed by atoms with Crippen molar-refractivity contribution in [2.45, 2.75) is 83.1 Å². The van der Waals surface area contributed by atoms with Gasteiger partial charge in [-0.15, -0.1) is 0 Å². The highest BCUT2D eigenvalue weighted by Gasteiger charge is 2.41. The van der Waals surface area contributed by atoms with Crippen LogP contribution in [0.15, 0.2) is 48.5 Å². The summed E-state index contributed by atoms with van der Waals surface area (Å²) in [6.07, 6.45) is 3.38. The molecule has 40 heavy (non-hydrogen) atoms. The van der Waals surface area contributed by atoms with Crippen LogP contribution in [0.3, 0.4) is 0 Å². The number of aromatic hydroxyl groups is 1. The van der Waals surface area contributed by atoms with Gasteiger partial charge in [-0.05, 0) is 81.7 Å². The first-order chi connectivity index (χ1) is 19.1. The summed E-state index contributed by atoms with van der Waals surface area (Å²) in [6, 6.07) is 12.3. The maximum atomic E-state index is 13.6. The summed E-state index contributed by atoms with van der Waals surface area (Å²) in [7, 11) is 1.64. The number of phenolic OH excluding ortho intramolecular Hbond substituents is 1. The van der Waals surface area contributed by atoms with E-state index in [4.69, 9.17) is 4.74 Å². The molecule has 5 atom stereocenters. The summed E-state index contributed by atoms with van der Waals surface area (Å²) >= 11 is 0. The van der Waals surface area contributed by atoms with Crippen molar-refractivity contribution in [1.82, 2.24) is 20.9 Å². The number of fused-ring (bicyclic) bond motifs is 1. The molecular formula is C31H42N4O5. The predicted molar refractivity (Wildman–Crippen MR) is 153 cm³/mol. The number of carbonyl (C=O) groups excluding carboxylic acids is 3. The topological polar surface area (TPSA) is 120 Å². The SMILES string of the molecule is C[C@@H]1C(=O)N[C@H](Cc2ccc(O)cc2)C(=O)NCCCc2ccccc2O[C@H](C)[C@@H](C)N[C@@H](C2CC2)C(=O)N1C. The van der Waals surface area contributed by atoms with Crippen molar-refractivity contribution in [2.75, 3.05) is 13.6 Å². The Bertz CT molecular complexity index is 1180. The summed E-state index contributed by atoms with van der Waals surface area (Å²) in [5.41, 5.74) is 1.85. The average Bonchev–Trinajstić information content (AvgIpc) is 3.79. The molecule has 1 heterocycles. The van der Waals surface area contributed by atoms with Gasteiger partial charge in [0.2, 0.25) is 17.7 Å². The maximum absolute atomic E-state index is 13.6. The smallest absolute Gasteiger partial charge is 0.243 e. The van der Waals surface area contributed by atoms with Gasteiger partial charge in [0.25, 0.3) is 0 Å². The van der Waals surface area contributed by atoms with Crippen molar-refractivity contribution in [3.63, 3.8) is 0 Å². The second-order valence-corrected chi connectivity index (χ2v) is 11.2. The van der Waals surface area contributed by atoms with Crippen LogP contribution in [0.25, 0.3) is 0 Å². The number of hydrogen-bond donors (Lipinski definition) is 4. The van der Waals surface area contributed by atoms with E-state index in [-0.39, 0.29) is 42.0 Å². The number of hydrogen-bond acceptors (Lipinski definition) is 6. The zero-order valence-corrected chi connectivity index (χ0v) is 23.9. The standard InChI is InChI=1S/C31H42N4O5/c1-19-21(3)40-27-10-6-5-8-23(27)9-7-17-32-30(38)26(18-22-11-15-25(36)16-12-22)34-29(37)20(2)35(4)31(39)28(33-19)24-13-14-24/h5-6,8,10-12,15-16,19-21,24,26,28,33,36H,7,9,13-14,17-18H2,1-4H3,(H,32,38)(H,34,37)/t19-,20-,21-,26-,28+/m1/s1. The van der Waals surface area contributed by atoms with E-state index in [9.17, 15) is 19.5 Å². The lowest BCUT2D eigenvalue weighted by molar-refractivity contribution is -0.141. The molecule has 216 valence electrons. The number of amides is 3. The molecule has 2 aromatic carbocycles. The van der Waals surface area contributed by atoms with Crippen LogP contribution in [0.5, 0.6) is 11.5 Å². The van der Waals surface area contributed by atoms with E-state index < -0.39 is 24.0 Å². The molecule has 0 unspecified atom stereocenters. The number of likely N-dealkylation sites (N-methyl/N-ethyl adjacent to an activating group) is 1. The van der Waals surface area contributed by atoms with E-state index in [1.807, 2.05) is 38.1 Å². The molecule has 0 radical (unpaired) electrons. The average molecular weight is 551 g/mol. The molecular weight excluding hydrogens is 508 g/mol. The van der Waals surface area contributed by atoms with Gasteiger partial charge in [0, 0.05) is 26.1 Å². The highest BCUT2D eigenvalue weighted by molar-refractivity contribution is 5.93. The van der Waals surface area contributed by atoms with E-state index in [1.165, 1.54) is 4.90 Å². The molecule has 0 saturated heterocycles. The number of carbonyl (C=O) groups is 3. The molecule has 4 N–H and O–H groups in total.